The third-order valence-corrected chi connectivity index (χ3v) is 3.58. The minimum Gasteiger partial charge on any atom is -0.453 e. The van der Waals surface area contributed by atoms with Gasteiger partial charge < -0.3 is 9.73 Å². The van der Waals surface area contributed by atoms with Crippen LogP contribution in [0.4, 0.5) is 0 Å². The lowest BCUT2D eigenvalue weighted by Gasteiger charge is -2.20. The molecule has 0 saturated carbocycles. The highest BCUT2D eigenvalue weighted by Crippen LogP contribution is 2.24. The summed E-state index contributed by atoms with van der Waals surface area (Å²) in [6.45, 7) is 3.83. The predicted octanol–water partition coefficient (Wildman–Crippen LogP) is 2.92. The van der Waals surface area contributed by atoms with Gasteiger partial charge in [0.2, 0.25) is 5.78 Å². The van der Waals surface area contributed by atoms with Crippen molar-refractivity contribution in [3.05, 3.63) is 35.6 Å². The lowest BCUT2D eigenvalue weighted by Crippen LogP contribution is -2.34. The van der Waals surface area contributed by atoms with E-state index < -0.39 is 0 Å². The lowest BCUT2D eigenvalue weighted by molar-refractivity contribution is 0.0873. The standard InChI is InChI=1S/C15H17NO2/c1-10-4-5-13-12(7-10)8-14(18-13)15(17)11-3-2-6-16-9-11/h4-5,7-8,11,16H,2-3,6,9H2,1H3. The van der Waals surface area contributed by atoms with Gasteiger partial charge in [-0.3, -0.25) is 4.79 Å². The second-order valence-electron chi connectivity index (χ2n) is 5.06. The fourth-order valence-corrected chi connectivity index (χ4v) is 2.56. The first-order chi connectivity index (χ1) is 8.74. The van der Waals surface area contributed by atoms with Gasteiger partial charge in [-0.2, -0.15) is 0 Å². The van der Waals surface area contributed by atoms with E-state index >= 15 is 0 Å². The second-order valence-corrected chi connectivity index (χ2v) is 5.06. The monoisotopic (exact) mass is 243 g/mol. The highest BCUT2D eigenvalue weighted by atomic mass is 16.3. The topological polar surface area (TPSA) is 42.2 Å². The average Bonchev–Trinajstić information content (AvgIpc) is 2.81. The van der Waals surface area contributed by atoms with Crippen molar-refractivity contribution < 1.29 is 9.21 Å². The molecule has 1 aromatic heterocycles. The Bertz CT molecular complexity index is 579. The van der Waals surface area contributed by atoms with Gasteiger partial charge in [0.25, 0.3) is 0 Å². The lowest BCUT2D eigenvalue weighted by atomic mass is 9.94. The van der Waals surface area contributed by atoms with Gasteiger partial charge in [0.1, 0.15) is 5.58 Å². The third-order valence-electron chi connectivity index (χ3n) is 3.58. The molecule has 1 atom stereocenters. The Balaban J connectivity index is 1.91. The molecule has 0 spiro atoms. The Labute approximate surface area is 106 Å². The molecule has 1 N–H and O–H groups in total. The summed E-state index contributed by atoms with van der Waals surface area (Å²) in [5.41, 5.74) is 1.98. The summed E-state index contributed by atoms with van der Waals surface area (Å²) in [7, 11) is 0. The number of carbonyl (C=O) groups is 1. The van der Waals surface area contributed by atoms with E-state index in [1.54, 1.807) is 0 Å². The molecule has 1 fully saturated rings. The average molecular weight is 243 g/mol. The van der Waals surface area contributed by atoms with Crippen LogP contribution in [0.3, 0.4) is 0 Å². The Hall–Kier alpha value is -1.61. The number of nitrogens with one attached hydrogen (secondary N) is 1. The van der Waals surface area contributed by atoms with E-state index in [1.807, 2.05) is 25.1 Å². The molecule has 2 aromatic rings. The normalized spacial score (nSPS) is 20.2. The number of furan rings is 1. The Morgan fingerprint density at radius 1 is 1.39 bits per heavy atom. The highest BCUT2D eigenvalue weighted by molar-refractivity contribution is 5.99. The number of Topliss-reactive ketones (excluding diaryl/α,β-unsaturated/α-hetero) is 1. The summed E-state index contributed by atoms with van der Waals surface area (Å²) < 4.78 is 5.66. The van der Waals surface area contributed by atoms with Crippen molar-refractivity contribution in [2.24, 2.45) is 5.92 Å². The van der Waals surface area contributed by atoms with Crippen LogP contribution in [0.2, 0.25) is 0 Å². The highest BCUT2D eigenvalue weighted by Gasteiger charge is 2.24. The van der Waals surface area contributed by atoms with E-state index in [-0.39, 0.29) is 11.7 Å². The number of hydrogen-bond acceptors (Lipinski definition) is 3. The largest absolute Gasteiger partial charge is 0.453 e. The number of ketones is 1. The van der Waals surface area contributed by atoms with Gasteiger partial charge in [0.15, 0.2) is 5.76 Å². The molecular formula is C15H17NO2. The zero-order chi connectivity index (χ0) is 12.5. The molecule has 1 aliphatic heterocycles. The molecule has 0 bridgehead atoms. The minimum absolute atomic E-state index is 0.0698. The number of aryl methyl sites for hydroxylation is 1. The van der Waals surface area contributed by atoms with Crippen LogP contribution in [-0.4, -0.2) is 18.9 Å². The fourth-order valence-electron chi connectivity index (χ4n) is 2.56. The summed E-state index contributed by atoms with van der Waals surface area (Å²) >= 11 is 0. The molecule has 0 aliphatic carbocycles. The molecule has 0 amide bonds. The van der Waals surface area contributed by atoms with E-state index in [2.05, 4.69) is 11.4 Å². The third kappa shape index (κ3) is 2.06. The number of carbonyl (C=O) groups excluding carboxylic acids is 1. The van der Waals surface area contributed by atoms with Crippen LogP contribution < -0.4 is 5.32 Å². The van der Waals surface area contributed by atoms with Crippen molar-refractivity contribution in [1.82, 2.24) is 5.32 Å². The Kier molecular flexibility index (Phi) is 2.92. The van der Waals surface area contributed by atoms with Crippen LogP contribution in [0.25, 0.3) is 11.0 Å². The van der Waals surface area contributed by atoms with E-state index in [1.165, 1.54) is 5.56 Å². The maximum absolute atomic E-state index is 12.3. The Morgan fingerprint density at radius 3 is 3.06 bits per heavy atom. The molecule has 3 heteroatoms. The number of fused-ring (bicyclic) bond motifs is 1. The van der Waals surface area contributed by atoms with Crippen molar-refractivity contribution in [3.63, 3.8) is 0 Å². The molecule has 2 heterocycles. The molecule has 1 unspecified atom stereocenters. The summed E-state index contributed by atoms with van der Waals surface area (Å²) in [6.07, 6.45) is 2.03. The number of hydrogen-bond donors (Lipinski definition) is 1. The maximum atomic E-state index is 12.3. The number of piperidine rings is 1. The molecule has 94 valence electrons. The van der Waals surface area contributed by atoms with Crippen molar-refractivity contribution in [2.45, 2.75) is 19.8 Å². The van der Waals surface area contributed by atoms with Crippen molar-refractivity contribution in [1.29, 1.82) is 0 Å². The number of benzene rings is 1. The molecule has 1 aliphatic rings. The van der Waals surface area contributed by atoms with Gasteiger partial charge in [-0.05, 0) is 44.5 Å². The molecule has 1 saturated heterocycles. The molecule has 1 aromatic carbocycles. The quantitative estimate of drug-likeness (QED) is 0.825. The summed E-state index contributed by atoms with van der Waals surface area (Å²) in [4.78, 5) is 12.3. The van der Waals surface area contributed by atoms with Gasteiger partial charge in [-0.25, -0.2) is 0 Å². The first kappa shape index (κ1) is 11.5. The van der Waals surface area contributed by atoms with E-state index in [9.17, 15) is 4.79 Å². The van der Waals surface area contributed by atoms with Crippen molar-refractivity contribution >= 4 is 16.8 Å². The second kappa shape index (κ2) is 4.58. The minimum atomic E-state index is 0.0698. The first-order valence-electron chi connectivity index (χ1n) is 6.49. The van der Waals surface area contributed by atoms with Gasteiger partial charge >= 0.3 is 0 Å². The molecule has 3 rings (SSSR count). The van der Waals surface area contributed by atoms with Gasteiger partial charge in [-0.1, -0.05) is 11.6 Å². The number of rotatable bonds is 2. The predicted molar refractivity (Wildman–Crippen MR) is 70.9 cm³/mol. The molecule has 0 radical (unpaired) electrons. The van der Waals surface area contributed by atoms with E-state index in [0.717, 1.165) is 36.9 Å². The van der Waals surface area contributed by atoms with Gasteiger partial charge in [0, 0.05) is 17.8 Å². The summed E-state index contributed by atoms with van der Waals surface area (Å²) in [5.74, 6) is 0.709. The summed E-state index contributed by atoms with van der Waals surface area (Å²) in [6, 6.07) is 7.86. The van der Waals surface area contributed by atoms with Gasteiger partial charge in [-0.15, -0.1) is 0 Å². The summed E-state index contributed by atoms with van der Waals surface area (Å²) in [5, 5.41) is 4.28. The first-order valence-corrected chi connectivity index (χ1v) is 6.49. The van der Waals surface area contributed by atoms with Crippen LogP contribution in [0, 0.1) is 12.8 Å². The molecule has 18 heavy (non-hydrogen) atoms. The van der Waals surface area contributed by atoms with Crippen LogP contribution in [0.15, 0.2) is 28.7 Å². The van der Waals surface area contributed by atoms with E-state index in [0.29, 0.717) is 5.76 Å². The van der Waals surface area contributed by atoms with Crippen molar-refractivity contribution in [3.8, 4) is 0 Å². The zero-order valence-corrected chi connectivity index (χ0v) is 10.5. The van der Waals surface area contributed by atoms with Crippen LogP contribution >= 0.6 is 0 Å². The Morgan fingerprint density at radius 2 is 2.28 bits per heavy atom. The van der Waals surface area contributed by atoms with Crippen LogP contribution in [0.5, 0.6) is 0 Å². The smallest absolute Gasteiger partial charge is 0.202 e. The zero-order valence-electron chi connectivity index (χ0n) is 10.5. The van der Waals surface area contributed by atoms with Gasteiger partial charge in [0.05, 0.1) is 0 Å². The van der Waals surface area contributed by atoms with E-state index in [4.69, 9.17) is 4.42 Å². The van der Waals surface area contributed by atoms with Crippen molar-refractivity contribution in [2.75, 3.05) is 13.1 Å². The molecular weight excluding hydrogens is 226 g/mol. The van der Waals surface area contributed by atoms with Crippen LogP contribution in [-0.2, 0) is 0 Å². The fraction of sp³-hybridized carbons (Fsp3) is 0.400. The maximum Gasteiger partial charge on any atom is 0.202 e. The SMILES string of the molecule is Cc1ccc2oc(C(=O)C3CCCNC3)cc2c1. The van der Waals surface area contributed by atoms with Crippen LogP contribution in [0.1, 0.15) is 29.0 Å². The molecule has 3 nitrogen and oxygen atoms in total.